The molecule has 7 heteroatoms. The van der Waals surface area contributed by atoms with Crippen molar-refractivity contribution in [1.29, 1.82) is 0 Å². The van der Waals surface area contributed by atoms with Crippen molar-refractivity contribution in [1.82, 2.24) is 9.97 Å². The molecule has 0 spiro atoms. The molecule has 19 heavy (non-hydrogen) atoms. The molecule has 0 aliphatic heterocycles. The number of aromatic nitrogens is 2. The second kappa shape index (κ2) is 5.02. The summed E-state index contributed by atoms with van der Waals surface area (Å²) >= 11 is 0. The number of benzene rings is 1. The van der Waals surface area contributed by atoms with Crippen LogP contribution in [-0.2, 0) is 16.6 Å². The van der Waals surface area contributed by atoms with E-state index in [0.717, 1.165) is 22.6 Å². The summed E-state index contributed by atoms with van der Waals surface area (Å²) in [5.41, 5.74) is 2.59. The van der Waals surface area contributed by atoms with Gasteiger partial charge in [0, 0.05) is 18.1 Å². The van der Waals surface area contributed by atoms with E-state index in [4.69, 9.17) is 5.14 Å². The normalized spacial score (nSPS) is 11.5. The summed E-state index contributed by atoms with van der Waals surface area (Å²) in [6.07, 6.45) is 3.39. The Hall–Kier alpha value is -1.86. The van der Waals surface area contributed by atoms with E-state index in [0.29, 0.717) is 6.54 Å². The van der Waals surface area contributed by atoms with Crippen molar-refractivity contribution >= 4 is 15.7 Å². The van der Waals surface area contributed by atoms with Crippen LogP contribution in [0.3, 0.4) is 0 Å². The monoisotopic (exact) mass is 280 g/mol. The largest absolute Gasteiger partial charge is 0.378 e. The standard InChI is InChI=1S/C12H16N4O2S/c1-8-5-10(19(13,17)18)6-11(9(8)2)16-7-12-14-3-4-15-12/h3-6,16H,7H2,1-2H3,(H,14,15)(H2,13,17,18). The van der Waals surface area contributed by atoms with Gasteiger partial charge in [0.1, 0.15) is 5.82 Å². The number of nitrogens with two attached hydrogens (primary N) is 1. The highest BCUT2D eigenvalue weighted by Gasteiger charge is 2.12. The number of hydrogen-bond acceptors (Lipinski definition) is 4. The van der Waals surface area contributed by atoms with Gasteiger partial charge in [-0.15, -0.1) is 0 Å². The molecule has 0 bridgehead atoms. The third-order valence-corrected chi connectivity index (χ3v) is 3.86. The first-order valence-electron chi connectivity index (χ1n) is 5.74. The molecule has 0 unspecified atom stereocenters. The molecule has 0 aliphatic carbocycles. The van der Waals surface area contributed by atoms with E-state index in [9.17, 15) is 8.42 Å². The molecule has 0 saturated carbocycles. The fourth-order valence-electron chi connectivity index (χ4n) is 1.75. The van der Waals surface area contributed by atoms with Gasteiger partial charge in [0.15, 0.2) is 0 Å². The molecule has 1 aromatic carbocycles. The Bertz CT molecular complexity index is 678. The molecule has 0 atom stereocenters. The number of sulfonamides is 1. The number of aryl methyl sites for hydroxylation is 1. The molecular weight excluding hydrogens is 264 g/mol. The van der Waals surface area contributed by atoms with Gasteiger partial charge in [0.05, 0.1) is 11.4 Å². The smallest absolute Gasteiger partial charge is 0.238 e. The molecule has 0 saturated heterocycles. The van der Waals surface area contributed by atoms with E-state index in [-0.39, 0.29) is 4.90 Å². The molecule has 0 radical (unpaired) electrons. The number of nitrogens with zero attached hydrogens (tertiary/aromatic N) is 1. The van der Waals surface area contributed by atoms with Crippen LogP contribution in [0.1, 0.15) is 17.0 Å². The number of primary sulfonamides is 1. The van der Waals surface area contributed by atoms with Crippen LogP contribution in [-0.4, -0.2) is 18.4 Å². The zero-order valence-electron chi connectivity index (χ0n) is 10.8. The van der Waals surface area contributed by atoms with E-state index in [1.54, 1.807) is 24.5 Å². The van der Waals surface area contributed by atoms with Crippen LogP contribution in [0.4, 0.5) is 5.69 Å². The highest BCUT2D eigenvalue weighted by molar-refractivity contribution is 7.89. The van der Waals surface area contributed by atoms with Crippen LogP contribution >= 0.6 is 0 Å². The van der Waals surface area contributed by atoms with E-state index in [1.807, 2.05) is 13.8 Å². The maximum absolute atomic E-state index is 11.4. The van der Waals surface area contributed by atoms with Crippen molar-refractivity contribution in [2.24, 2.45) is 5.14 Å². The highest BCUT2D eigenvalue weighted by atomic mass is 32.2. The van der Waals surface area contributed by atoms with Crippen LogP contribution in [0.2, 0.25) is 0 Å². The molecular formula is C12H16N4O2S. The van der Waals surface area contributed by atoms with Crippen molar-refractivity contribution in [2.75, 3.05) is 5.32 Å². The first-order chi connectivity index (χ1) is 8.88. The minimum absolute atomic E-state index is 0.109. The second-order valence-electron chi connectivity index (χ2n) is 4.35. The maximum atomic E-state index is 11.4. The Morgan fingerprint density at radius 2 is 2.11 bits per heavy atom. The molecule has 2 rings (SSSR count). The predicted octanol–water partition coefficient (Wildman–Crippen LogP) is 1.29. The summed E-state index contributed by atoms with van der Waals surface area (Å²) in [6.45, 7) is 4.26. The van der Waals surface area contributed by atoms with Gasteiger partial charge in [0.25, 0.3) is 0 Å². The van der Waals surface area contributed by atoms with E-state index in [2.05, 4.69) is 15.3 Å². The van der Waals surface area contributed by atoms with Gasteiger partial charge in [-0.1, -0.05) is 0 Å². The molecule has 0 amide bonds. The van der Waals surface area contributed by atoms with Crippen molar-refractivity contribution < 1.29 is 8.42 Å². The van der Waals surface area contributed by atoms with Gasteiger partial charge in [0.2, 0.25) is 10.0 Å². The van der Waals surface area contributed by atoms with Gasteiger partial charge in [-0.2, -0.15) is 0 Å². The fraction of sp³-hybridized carbons (Fsp3) is 0.250. The maximum Gasteiger partial charge on any atom is 0.238 e. The lowest BCUT2D eigenvalue weighted by Gasteiger charge is -2.12. The van der Waals surface area contributed by atoms with E-state index in [1.165, 1.54) is 0 Å². The van der Waals surface area contributed by atoms with Crippen LogP contribution < -0.4 is 10.5 Å². The average Bonchev–Trinajstić information content (AvgIpc) is 2.82. The topological polar surface area (TPSA) is 101 Å². The summed E-state index contributed by atoms with van der Waals surface area (Å²) in [5, 5.41) is 8.32. The number of hydrogen-bond donors (Lipinski definition) is 3. The quantitative estimate of drug-likeness (QED) is 0.785. The van der Waals surface area contributed by atoms with Crippen LogP contribution in [0.25, 0.3) is 0 Å². The number of aromatic amines is 1. The minimum atomic E-state index is -3.70. The zero-order chi connectivity index (χ0) is 14.0. The van der Waals surface area contributed by atoms with Gasteiger partial charge < -0.3 is 10.3 Å². The molecule has 0 fully saturated rings. The Balaban J connectivity index is 2.31. The van der Waals surface area contributed by atoms with Crippen LogP contribution in [0.5, 0.6) is 0 Å². The van der Waals surface area contributed by atoms with Crippen molar-refractivity contribution in [3.05, 3.63) is 41.5 Å². The van der Waals surface area contributed by atoms with Crippen molar-refractivity contribution in [3.63, 3.8) is 0 Å². The fourth-order valence-corrected chi connectivity index (χ4v) is 2.37. The SMILES string of the molecule is Cc1cc(S(N)(=O)=O)cc(NCc2ncc[nH]2)c1C. The summed E-state index contributed by atoms with van der Waals surface area (Å²) in [6, 6.07) is 3.11. The Labute approximate surface area is 112 Å². The number of nitrogens with one attached hydrogen (secondary N) is 2. The van der Waals surface area contributed by atoms with E-state index >= 15 is 0 Å². The number of H-pyrrole nitrogens is 1. The molecule has 102 valence electrons. The molecule has 1 aromatic heterocycles. The van der Waals surface area contributed by atoms with Crippen LogP contribution in [0.15, 0.2) is 29.4 Å². The third kappa shape index (κ3) is 3.12. The summed E-state index contributed by atoms with van der Waals surface area (Å²) in [5.74, 6) is 0.776. The number of rotatable bonds is 4. The zero-order valence-corrected chi connectivity index (χ0v) is 11.6. The Kier molecular flexibility index (Phi) is 3.59. The summed E-state index contributed by atoms with van der Waals surface area (Å²) in [4.78, 5) is 7.17. The number of anilines is 1. The van der Waals surface area contributed by atoms with Gasteiger partial charge in [-0.25, -0.2) is 18.5 Å². The van der Waals surface area contributed by atoms with Gasteiger partial charge in [-0.3, -0.25) is 0 Å². The summed E-state index contributed by atoms with van der Waals surface area (Å²) < 4.78 is 22.8. The lowest BCUT2D eigenvalue weighted by molar-refractivity contribution is 0.597. The van der Waals surface area contributed by atoms with Crippen molar-refractivity contribution in [2.45, 2.75) is 25.3 Å². The molecule has 0 aliphatic rings. The minimum Gasteiger partial charge on any atom is -0.378 e. The first-order valence-corrected chi connectivity index (χ1v) is 7.29. The number of imidazole rings is 1. The Morgan fingerprint density at radius 3 is 2.68 bits per heavy atom. The van der Waals surface area contributed by atoms with Gasteiger partial charge in [-0.05, 0) is 37.1 Å². The van der Waals surface area contributed by atoms with Gasteiger partial charge >= 0.3 is 0 Å². The molecule has 2 aromatic rings. The predicted molar refractivity (Wildman–Crippen MR) is 73.2 cm³/mol. The average molecular weight is 280 g/mol. The van der Waals surface area contributed by atoms with Crippen molar-refractivity contribution in [3.8, 4) is 0 Å². The van der Waals surface area contributed by atoms with E-state index < -0.39 is 10.0 Å². The molecule has 6 nitrogen and oxygen atoms in total. The molecule has 4 N–H and O–H groups in total. The Morgan fingerprint density at radius 1 is 1.37 bits per heavy atom. The lowest BCUT2D eigenvalue weighted by atomic mass is 10.1. The highest BCUT2D eigenvalue weighted by Crippen LogP contribution is 2.23. The molecule has 1 heterocycles. The first kappa shape index (κ1) is 13.6. The lowest BCUT2D eigenvalue weighted by Crippen LogP contribution is -2.13. The third-order valence-electron chi connectivity index (χ3n) is 2.97. The second-order valence-corrected chi connectivity index (χ2v) is 5.91. The summed E-state index contributed by atoms with van der Waals surface area (Å²) in [7, 11) is -3.70. The van der Waals surface area contributed by atoms with Crippen LogP contribution in [0, 0.1) is 13.8 Å².